The van der Waals surface area contributed by atoms with E-state index in [0.717, 1.165) is 32.5 Å². The quantitative estimate of drug-likeness (QED) is 0.789. The number of hydrogen-bond donors (Lipinski definition) is 1. The van der Waals surface area contributed by atoms with Crippen molar-refractivity contribution in [3.8, 4) is 5.75 Å². The Morgan fingerprint density at radius 1 is 1.11 bits per heavy atom. The van der Waals surface area contributed by atoms with Crippen LogP contribution < -0.4 is 10.1 Å². The van der Waals surface area contributed by atoms with Crippen LogP contribution in [0.5, 0.6) is 5.75 Å². The predicted octanol–water partition coefficient (Wildman–Crippen LogP) is 2.07. The van der Waals surface area contributed by atoms with Crippen LogP contribution in [-0.2, 0) is 14.8 Å². The van der Waals surface area contributed by atoms with Gasteiger partial charge in [0.15, 0.2) is 0 Å². The monoisotopic (exact) mass is 402 g/mol. The first kappa shape index (κ1) is 19.0. The van der Waals surface area contributed by atoms with Crippen molar-refractivity contribution in [3.63, 3.8) is 0 Å². The van der Waals surface area contributed by atoms with Gasteiger partial charge in [0.25, 0.3) is 0 Å². The van der Waals surface area contributed by atoms with E-state index in [1.165, 1.54) is 28.6 Å². The van der Waals surface area contributed by atoms with E-state index in [4.69, 9.17) is 4.74 Å². The molecular weight excluding hydrogens is 378 g/mol. The van der Waals surface area contributed by atoms with Gasteiger partial charge in [-0.25, -0.2) is 8.42 Å². The summed E-state index contributed by atoms with van der Waals surface area (Å²) in [5.41, 5.74) is 0. The number of nitrogens with zero attached hydrogens (tertiary/aromatic N) is 1. The summed E-state index contributed by atoms with van der Waals surface area (Å²) in [4.78, 5) is 0.113. The van der Waals surface area contributed by atoms with Crippen molar-refractivity contribution in [2.45, 2.75) is 42.9 Å². The summed E-state index contributed by atoms with van der Waals surface area (Å²) in [7, 11) is -3.62. The molecule has 27 heavy (non-hydrogen) atoms. The zero-order chi connectivity index (χ0) is 19.0. The summed E-state index contributed by atoms with van der Waals surface area (Å²) in [5, 5.41) is 3.65. The fraction of sp³-hybridized carbons (Fsp3) is 0.667. The van der Waals surface area contributed by atoms with E-state index in [1.54, 1.807) is 0 Å². The first-order chi connectivity index (χ1) is 12.9. The number of hydrogen-bond acceptors (Lipinski definition) is 5. The van der Waals surface area contributed by atoms with Crippen molar-refractivity contribution in [1.29, 1.82) is 0 Å². The van der Waals surface area contributed by atoms with Crippen LogP contribution in [0.2, 0.25) is 0 Å². The molecule has 0 aromatic heterocycles. The molecule has 1 saturated carbocycles. The van der Waals surface area contributed by atoms with Crippen LogP contribution in [-0.4, -0.2) is 57.7 Å². The van der Waals surface area contributed by atoms with Crippen molar-refractivity contribution < 1.29 is 26.7 Å². The van der Waals surface area contributed by atoms with E-state index in [9.17, 15) is 17.2 Å². The highest BCUT2D eigenvalue weighted by Crippen LogP contribution is 2.40. The fourth-order valence-corrected chi connectivity index (χ4v) is 6.08. The molecule has 1 aliphatic carbocycles. The van der Waals surface area contributed by atoms with Gasteiger partial charge < -0.3 is 14.8 Å². The Kier molecular flexibility index (Phi) is 5.37. The lowest BCUT2D eigenvalue weighted by Crippen LogP contribution is -2.38. The SMILES string of the molecule is O=S(=O)(c1ccc(OC(F)F)cc1)N1CC2CC(NC3CCOC3)CC2C1. The molecule has 150 valence electrons. The molecule has 0 amide bonds. The molecule has 9 heteroatoms. The van der Waals surface area contributed by atoms with Crippen LogP contribution >= 0.6 is 0 Å². The lowest BCUT2D eigenvalue weighted by Gasteiger charge is -2.21. The molecule has 3 aliphatic rings. The molecule has 2 aliphatic heterocycles. The second-order valence-electron chi connectivity index (χ2n) is 7.59. The molecule has 1 aromatic rings. The van der Waals surface area contributed by atoms with Crippen LogP contribution in [0.4, 0.5) is 8.78 Å². The van der Waals surface area contributed by atoms with Gasteiger partial charge in [-0.1, -0.05) is 0 Å². The second-order valence-corrected chi connectivity index (χ2v) is 9.53. The normalized spacial score (nSPS) is 31.5. The van der Waals surface area contributed by atoms with Gasteiger partial charge in [0.1, 0.15) is 5.75 Å². The number of fused-ring (bicyclic) bond motifs is 1. The number of nitrogens with one attached hydrogen (secondary N) is 1. The van der Waals surface area contributed by atoms with Gasteiger partial charge in [-0.15, -0.1) is 0 Å². The molecule has 3 atom stereocenters. The van der Waals surface area contributed by atoms with E-state index in [0.29, 0.717) is 37.0 Å². The van der Waals surface area contributed by atoms with Crippen LogP contribution in [0.3, 0.4) is 0 Å². The van der Waals surface area contributed by atoms with Crippen molar-refractivity contribution in [3.05, 3.63) is 24.3 Å². The summed E-state index contributed by atoms with van der Waals surface area (Å²) in [6.45, 7) is -0.326. The zero-order valence-corrected chi connectivity index (χ0v) is 15.7. The van der Waals surface area contributed by atoms with E-state index < -0.39 is 16.6 Å². The van der Waals surface area contributed by atoms with E-state index in [2.05, 4.69) is 10.1 Å². The molecule has 1 aromatic carbocycles. The largest absolute Gasteiger partial charge is 0.435 e. The second kappa shape index (κ2) is 7.62. The Morgan fingerprint density at radius 3 is 2.33 bits per heavy atom. The zero-order valence-electron chi connectivity index (χ0n) is 14.9. The highest BCUT2D eigenvalue weighted by molar-refractivity contribution is 7.89. The molecular formula is C18H24F2N2O4S. The van der Waals surface area contributed by atoms with Crippen molar-refractivity contribution in [1.82, 2.24) is 9.62 Å². The minimum atomic E-state index is -3.62. The molecule has 0 spiro atoms. The van der Waals surface area contributed by atoms with Gasteiger partial charge in [0.05, 0.1) is 11.5 Å². The van der Waals surface area contributed by atoms with Crippen LogP contribution in [0.15, 0.2) is 29.2 Å². The number of alkyl halides is 2. The predicted molar refractivity (Wildman–Crippen MR) is 94.2 cm³/mol. The number of halogens is 2. The Morgan fingerprint density at radius 2 is 1.78 bits per heavy atom. The molecule has 1 N–H and O–H groups in total. The third-order valence-corrected chi connectivity index (χ3v) is 7.65. The van der Waals surface area contributed by atoms with Crippen LogP contribution in [0.25, 0.3) is 0 Å². The standard InChI is InChI=1S/C18H24F2N2O4S/c19-18(20)26-16-1-3-17(4-2-16)27(23,24)22-9-12-7-15(8-13(12)10-22)21-14-5-6-25-11-14/h1-4,12-15,18,21H,5-11H2. The Balaban J connectivity index is 1.36. The maximum absolute atomic E-state index is 12.9. The summed E-state index contributed by atoms with van der Waals surface area (Å²) >= 11 is 0. The maximum Gasteiger partial charge on any atom is 0.387 e. The first-order valence-corrected chi connectivity index (χ1v) is 10.7. The molecule has 3 fully saturated rings. The Hall–Kier alpha value is -1.29. The molecule has 3 unspecified atom stereocenters. The summed E-state index contributed by atoms with van der Waals surface area (Å²) in [5.74, 6) is 0.675. The smallest absolute Gasteiger partial charge is 0.387 e. The molecule has 6 nitrogen and oxygen atoms in total. The lowest BCUT2D eigenvalue weighted by molar-refractivity contribution is -0.0498. The highest BCUT2D eigenvalue weighted by Gasteiger charge is 2.45. The molecule has 2 heterocycles. The van der Waals surface area contributed by atoms with Gasteiger partial charge in [-0.05, 0) is 55.4 Å². The lowest BCUT2D eigenvalue weighted by atomic mass is 10.0. The van der Waals surface area contributed by atoms with Gasteiger partial charge in [-0.3, -0.25) is 0 Å². The third-order valence-electron chi connectivity index (χ3n) is 5.81. The van der Waals surface area contributed by atoms with Gasteiger partial charge >= 0.3 is 6.61 Å². The van der Waals surface area contributed by atoms with E-state index in [1.807, 2.05) is 0 Å². The Bertz CT molecular complexity index is 739. The fourth-order valence-electron chi connectivity index (χ4n) is 4.53. The van der Waals surface area contributed by atoms with Crippen molar-refractivity contribution in [2.24, 2.45) is 11.8 Å². The Labute approximate surface area is 157 Å². The molecule has 2 saturated heterocycles. The van der Waals surface area contributed by atoms with Crippen molar-refractivity contribution in [2.75, 3.05) is 26.3 Å². The minimum absolute atomic E-state index is 0.0490. The van der Waals surface area contributed by atoms with Gasteiger partial charge in [0.2, 0.25) is 10.0 Å². The molecule has 4 rings (SSSR count). The van der Waals surface area contributed by atoms with Crippen LogP contribution in [0.1, 0.15) is 19.3 Å². The summed E-state index contributed by atoms with van der Waals surface area (Å²) < 4.78 is 61.4. The molecule has 0 bridgehead atoms. The number of sulfonamides is 1. The van der Waals surface area contributed by atoms with E-state index >= 15 is 0 Å². The topological polar surface area (TPSA) is 67.9 Å². The highest BCUT2D eigenvalue weighted by atomic mass is 32.2. The van der Waals surface area contributed by atoms with Crippen LogP contribution in [0, 0.1) is 11.8 Å². The third kappa shape index (κ3) is 4.11. The molecule has 0 radical (unpaired) electrons. The summed E-state index contributed by atoms with van der Waals surface area (Å²) in [6, 6.07) is 6.03. The van der Waals surface area contributed by atoms with Gasteiger partial charge in [0, 0.05) is 31.8 Å². The first-order valence-electron chi connectivity index (χ1n) is 9.30. The van der Waals surface area contributed by atoms with Crippen molar-refractivity contribution >= 4 is 10.0 Å². The average Bonchev–Trinajstić information content (AvgIpc) is 3.31. The minimum Gasteiger partial charge on any atom is -0.435 e. The average molecular weight is 402 g/mol. The number of ether oxygens (including phenoxy) is 2. The van der Waals surface area contributed by atoms with E-state index in [-0.39, 0.29) is 10.6 Å². The maximum atomic E-state index is 12.9. The summed E-state index contributed by atoms with van der Waals surface area (Å²) in [6.07, 6.45) is 3.00. The number of rotatable bonds is 6. The number of benzene rings is 1. The van der Waals surface area contributed by atoms with Gasteiger partial charge in [-0.2, -0.15) is 13.1 Å².